The molecule has 0 aromatic heterocycles. The summed E-state index contributed by atoms with van der Waals surface area (Å²) in [6, 6.07) is 0. The van der Waals surface area contributed by atoms with Crippen molar-refractivity contribution in [1.29, 1.82) is 0 Å². The van der Waals surface area contributed by atoms with E-state index in [0.717, 1.165) is 0 Å². The van der Waals surface area contributed by atoms with Crippen LogP contribution in [0.2, 0.25) is 0 Å². The number of carbonyl (C=O) groups excluding carboxylic acids is 2. The van der Waals surface area contributed by atoms with E-state index in [1.807, 2.05) is 67.8 Å². The van der Waals surface area contributed by atoms with Crippen molar-refractivity contribution < 1.29 is 34.8 Å². The standard InChI is InChI=1S/C16H19I3N2O7/c1-5(23)20-13-10(17)9(11(18)14(12(13)19)21-6(2)24)16(27)8(26)4-28-15(16)7(25)3-22/h7-8,15,22,25-27H,3-4H2,1-2H3,(H,20,23)(H,21,24)/t7-,8-,15+,16+/m0/s1. The zero-order valence-corrected chi connectivity index (χ0v) is 21.3. The monoisotopic (exact) mass is 732 g/mol. The van der Waals surface area contributed by atoms with Crippen LogP contribution in [0.1, 0.15) is 19.4 Å². The summed E-state index contributed by atoms with van der Waals surface area (Å²) in [6.07, 6.45) is -4.18. The fourth-order valence-electron chi connectivity index (χ4n) is 3.03. The molecule has 1 aliphatic rings. The topological polar surface area (TPSA) is 148 Å². The van der Waals surface area contributed by atoms with Crippen molar-refractivity contribution in [3.05, 3.63) is 16.3 Å². The van der Waals surface area contributed by atoms with Gasteiger partial charge in [-0.15, -0.1) is 0 Å². The van der Waals surface area contributed by atoms with Crippen LogP contribution in [0, 0.1) is 10.7 Å². The first-order valence-corrected chi connectivity index (χ1v) is 11.3. The number of aliphatic hydroxyl groups excluding tert-OH is 3. The van der Waals surface area contributed by atoms with Crippen molar-refractivity contribution in [1.82, 2.24) is 0 Å². The smallest absolute Gasteiger partial charge is 0.221 e. The van der Waals surface area contributed by atoms with Crippen molar-refractivity contribution in [2.24, 2.45) is 0 Å². The molecule has 1 fully saturated rings. The van der Waals surface area contributed by atoms with Gasteiger partial charge in [0.15, 0.2) is 0 Å². The lowest BCUT2D eigenvalue weighted by atomic mass is 9.82. The predicted molar refractivity (Wildman–Crippen MR) is 126 cm³/mol. The summed E-state index contributed by atoms with van der Waals surface area (Å²) in [5.41, 5.74) is -1.21. The first kappa shape index (κ1) is 24.4. The Morgan fingerprint density at radius 2 is 1.61 bits per heavy atom. The van der Waals surface area contributed by atoms with Crippen LogP contribution in [-0.2, 0) is 19.9 Å². The lowest BCUT2D eigenvalue weighted by Gasteiger charge is -2.36. The second-order valence-corrected chi connectivity index (χ2v) is 9.51. The Morgan fingerprint density at radius 3 is 2.00 bits per heavy atom. The zero-order valence-electron chi connectivity index (χ0n) is 14.8. The lowest BCUT2D eigenvalue weighted by molar-refractivity contribution is -0.133. The maximum Gasteiger partial charge on any atom is 0.221 e. The molecule has 156 valence electrons. The van der Waals surface area contributed by atoms with Crippen LogP contribution in [0.15, 0.2) is 0 Å². The molecule has 1 aliphatic heterocycles. The SMILES string of the molecule is CC(=O)Nc1c(I)c(NC(C)=O)c(I)c([C@@]2(O)[C@@H]([C@@H](O)CO)OC[C@@H]2O)c1I. The van der Waals surface area contributed by atoms with E-state index in [9.17, 15) is 30.0 Å². The van der Waals surface area contributed by atoms with Crippen molar-refractivity contribution in [3.63, 3.8) is 0 Å². The molecule has 0 bridgehead atoms. The first-order chi connectivity index (χ1) is 13.0. The molecule has 28 heavy (non-hydrogen) atoms. The Labute approximate surface area is 202 Å². The summed E-state index contributed by atoms with van der Waals surface area (Å²) < 4.78 is 6.75. The second-order valence-electron chi connectivity index (χ2n) is 6.27. The third-order valence-electron chi connectivity index (χ3n) is 4.23. The van der Waals surface area contributed by atoms with Crippen molar-refractivity contribution in [2.45, 2.75) is 37.8 Å². The third-order valence-corrected chi connectivity index (χ3v) is 7.47. The normalized spacial score (nSPS) is 25.5. The van der Waals surface area contributed by atoms with Gasteiger partial charge >= 0.3 is 0 Å². The maximum absolute atomic E-state index is 11.7. The molecule has 0 radical (unpaired) electrons. The van der Waals surface area contributed by atoms with Crippen LogP contribution in [0.5, 0.6) is 0 Å². The number of ether oxygens (including phenoxy) is 1. The third kappa shape index (κ3) is 4.42. The molecule has 1 aromatic carbocycles. The minimum absolute atomic E-state index is 0.184. The molecule has 0 aliphatic carbocycles. The highest BCUT2D eigenvalue weighted by Gasteiger charge is 2.56. The lowest BCUT2D eigenvalue weighted by Crippen LogP contribution is -2.51. The predicted octanol–water partition coefficient (Wildman–Crippen LogP) is 0.718. The summed E-state index contributed by atoms with van der Waals surface area (Å²) in [5, 5.41) is 46.9. The molecule has 1 aromatic rings. The van der Waals surface area contributed by atoms with Gasteiger partial charge in [-0.2, -0.15) is 0 Å². The highest BCUT2D eigenvalue weighted by atomic mass is 127. The molecule has 0 saturated carbocycles. The van der Waals surface area contributed by atoms with Crippen LogP contribution in [-0.4, -0.2) is 63.8 Å². The largest absolute Gasteiger partial charge is 0.394 e. The number of anilines is 2. The number of hydrogen-bond acceptors (Lipinski definition) is 7. The highest BCUT2D eigenvalue weighted by Crippen LogP contribution is 2.48. The number of carbonyl (C=O) groups is 2. The van der Waals surface area contributed by atoms with E-state index >= 15 is 0 Å². The second kappa shape index (κ2) is 9.52. The zero-order chi connectivity index (χ0) is 21.4. The number of rotatable bonds is 5. The quantitative estimate of drug-likeness (QED) is 0.245. The van der Waals surface area contributed by atoms with Crippen LogP contribution < -0.4 is 10.6 Å². The van der Waals surface area contributed by atoms with Gasteiger partial charge < -0.3 is 35.8 Å². The molecule has 12 heteroatoms. The van der Waals surface area contributed by atoms with Crippen molar-refractivity contribution >= 4 is 91.0 Å². The molecule has 1 heterocycles. The van der Waals surface area contributed by atoms with E-state index in [-0.39, 0.29) is 24.0 Å². The number of nitrogens with one attached hydrogen (secondary N) is 2. The van der Waals surface area contributed by atoms with E-state index in [1.165, 1.54) is 13.8 Å². The van der Waals surface area contributed by atoms with Crippen molar-refractivity contribution in [2.75, 3.05) is 23.8 Å². The highest BCUT2D eigenvalue weighted by molar-refractivity contribution is 14.1. The molecule has 9 nitrogen and oxygen atoms in total. The van der Waals surface area contributed by atoms with Gasteiger partial charge in [-0.25, -0.2) is 0 Å². The summed E-state index contributed by atoms with van der Waals surface area (Å²) in [6.45, 7) is 1.69. The van der Waals surface area contributed by atoms with Crippen LogP contribution in [0.3, 0.4) is 0 Å². The van der Waals surface area contributed by atoms with Gasteiger partial charge in [-0.1, -0.05) is 0 Å². The summed E-state index contributed by atoms with van der Waals surface area (Å²) in [4.78, 5) is 23.4. The van der Waals surface area contributed by atoms with Gasteiger partial charge in [0.2, 0.25) is 11.8 Å². The molecule has 6 N–H and O–H groups in total. The van der Waals surface area contributed by atoms with Gasteiger partial charge in [-0.05, 0) is 67.8 Å². The molecule has 2 rings (SSSR count). The molecular formula is C16H19I3N2O7. The van der Waals surface area contributed by atoms with Crippen LogP contribution >= 0.6 is 67.8 Å². The van der Waals surface area contributed by atoms with E-state index < -0.39 is 30.5 Å². The number of benzene rings is 1. The number of aliphatic hydroxyl groups is 4. The van der Waals surface area contributed by atoms with Gasteiger partial charge in [0.05, 0.1) is 28.2 Å². The molecule has 4 atom stereocenters. The molecular weight excluding hydrogens is 713 g/mol. The van der Waals surface area contributed by atoms with Gasteiger partial charge in [0, 0.05) is 26.6 Å². The number of amides is 2. The van der Waals surface area contributed by atoms with Crippen LogP contribution in [0.4, 0.5) is 11.4 Å². The number of halogens is 3. The van der Waals surface area contributed by atoms with E-state index in [0.29, 0.717) is 22.1 Å². The molecule has 1 saturated heterocycles. The summed E-state index contributed by atoms with van der Waals surface area (Å²) in [7, 11) is 0. The Morgan fingerprint density at radius 1 is 1.14 bits per heavy atom. The molecule has 0 spiro atoms. The fourth-order valence-corrected chi connectivity index (χ4v) is 7.60. The van der Waals surface area contributed by atoms with Gasteiger partial charge in [-0.3, -0.25) is 9.59 Å². The summed E-state index contributed by atoms with van der Waals surface area (Å²) >= 11 is 5.82. The summed E-state index contributed by atoms with van der Waals surface area (Å²) in [5.74, 6) is -0.724. The number of hydrogen-bond donors (Lipinski definition) is 6. The Kier molecular flexibility index (Phi) is 8.31. The molecule has 2 amide bonds. The molecule has 0 unspecified atom stereocenters. The fraction of sp³-hybridized carbons (Fsp3) is 0.500. The van der Waals surface area contributed by atoms with Crippen molar-refractivity contribution in [3.8, 4) is 0 Å². The first-order valence-electron chi connectivity index (χ1n) is 8.03. The van der Waals surface area contributed by atoms with Gasteiger partial charge in [0.25, 0.3) is 0 Å². The van der Waals surface area contributed by atoms with E-state index in [4.69, 9.17) is 4.74 Å². The minimum Gasteiger partial charge on any atom is -0.394 e. The van der Waals surface area contributed by atoms with E-state index in [2.05, 4.69) is 10.6 Å². The van der Waals surface area contributed by atoms with Crippen LogP contribution in [0.25, 0.3) is 0 Å². The maximum atomic E-state index is 11.7. The Balaban J connectivity index is 2.84. The Hall–Kier alpha value is 0.150. The minimum atomic E-state index is -2.08. The van der Waals surface area contributed by atoms with E-state index in [1.54, 1.807) is 0 Å². The van der Waals surface area contributed by atoms with Gasteiger partial charge in [0.1, 0.15) is 23.9 Å². The average Bonchev–Trinajstić information content (AvgIpc) is 2.90. The average molecular weight is 732 g/mol. The Bertz CT molecular complexity index is 764.